The second-order valence-corrected chi connectivity index (χ2v) is 3.89. The molecule has 6 nitrogen and oxygen atoms in total. The predicted molar refractivity (Wildman–Crippen MR) is 64.5 cm³/mol. The Morgan fingerprint density at radius 1 is 1.50 bits per heavy atom. The predicted octanol–water partition coefficient (Wildman–Crippen LogP) is 2.25. The van der Waals surface area contributed by atoms with E-state index in [0.717, 1.165) is 5.76 Å². The zero-order valence-electron chi connectivity index (χ0n) is 10.0. The van der Waals surface area contributed by atoms with Crippen LogP contribution in [0.4, 0.5) is 5.82 Å². The summed E-state index contributed by atoms with van der Waals surface area (Å²) in [4.78, 5) is 18.9. The number of oxazole rings is 1. The molecule has 1 atom stereocenters. The Balaban J connectivity index is 2.14. The van der Waals surface area contributed by atoms with Gasteiger partial charge in [-0.05, 0) is 26.0 Å². The molecule has 2 aromatic heterocycles. The summed E-state index contributed by atoms with van der Waals surface area (Å²) >= 11 is 0. The Morgan fingerprint density at radius 2 is 2.28 bits per heavy atom. The number of nitrogens with zero attached hydrogens (tertiary/aromatic N) is 2. The summed E-state index contributed by atoms with van der Waals surface area (Å²) in [5, 5.41) is 11.9. The van der Waals surface area contributed by atoms with Crippen molar-refractivity contribution >= 4 is 11.8 Å². The van der Waals surface area contributed by atoms with E-state index in [1.165, 1.54) is 6.07 Å². The minimum absolute atomic E-state index is 0.00390. The molecule has 0 saturated heterocycles. The molecule has 1 unspecified atom stereocenters. The molecule has 0 saturated carbocycles. The van der Waals surface area contributed by atoms with E-state index in [-0.39, 0.29) is 11.7 Å². The van der Waals surface area contributed by atoms with Gasteiger partial charge in [-0.2, -0.15) is 0 Å². The lowest BCUT2D eigenvalue weighted by Crippen LogP contribution is -2.10. The molecule has 0 aliphatic rings. The van der Waals surface area contributed by atoms with Crippen LogP contribution in [0.5, 0.6) is 0 Å². The number of carbonyl (C=O) groups is 1. The van der Waals surface area contributed by atoms with Crippen LogP contribution in [0.2, 0.25) is 0 Å². The van der Waals surface area contributed by atoms with Crippen LogP contribution >= 0.6 is 0 Å². The van der Waals surface area contributed by atoms with Gasteiger partial charge in [0.1, 0.15) is 17.6 Å². The highest BCUT2D eigenvalue weighted by Crippen LogP contribution is 2.17. The van der Waals surface area contributed by atoms with E-state index in [1.54, 1.807) is 18.3 Å². The van der Waals surface area contributed by atoms with Crippen LogP contribution in [0.15, 0.2) is 28.8 Å². The second-order valence-electron chi connectivity index (χ2n) is 3.89. The highest BCUT2D eigenvalue weighted by molar-refractivity contribution is 5.85. The van der Waals surface area contributed by atoms with Crippen LogP contribution in [0.1, 0.15) is 35.1 Å². The Morgan fingerprint density at radius 3 is 2.89 bits per heavy atom. The van der Waals surface area contributed by atoms with Gasteiger partial charge in [0.15, 0.2) is 5.69 Å². The molecule has 0 aliphatic carbocycles. The van der Waals surface area contributed by atoms with Crippen molar-refractivity contribution < 1.29 is 14.3 Å². The van der Waals surface area contributed by atoms with Gasteiger partial charge in [-0.15, -0.1) is 0 Å². The molecule has 2 rings (SSSR count). The summed E-state index contributed by atoms with van der Waals surface area (Å²) < 4.78 is 5.38. The number of hydrogen-bond acceptors (Lipinski definition) is 5. The summed E-state index contributed by atoms with van der Waals surface area (Å²) in [5.41, 5.74) is -0.00390. The maximum Gasteiger partial charge on any atom is 0.354 e. The number of carboxylic acid groups (broad SMARTS) is 1. The van der Waals surface area contributed by atoms with Crippen molar-refractivity contribution in [1.82, 2.24) is 9.97 Å². The van der Waals surface area contributed by atoms with Crippen LogP contribution in [0.25, 0.3) is 0 Å². The third-order valence-electron chi connectivity index (χ3n) is 2.34. The van der Waals surface area contributed by atoms with E-state index >= 15 is 0 Å². The van der Waals surface area contributed by atoms with E-state index in [0.29, 0.717) is 11.7 Å². The van der Waals surface area contributed by atoms with E-state index in [4.69, 9.17) is 9.52 Å². The molecular formula is C12H13N3O3. The summed E-state index contributed by atoms with van der Waals surface area (Å²) in [6.45, 7) is 3.67. The van der Waals surface area contributed by atoms with Gasteiger partial charge in [-0.25, -0.2) is 14.8 Å². The number of aromatic nitrogens is 2. The first-order valence-electron chi connectivity index (χ1n) is 5.45. The third-order valence-corrected chi connectivity index (χ3v) is 2.34. The quantitative estimate of drug-likeness (QED) is 0.861. The molecule has 2 heterocycles. The van der Waals surface area contributed by atoms with Crippen molar-refractivity contribution in [3.63, 3.8) is 0 Å². The number of anilines is 1. The van der Waals surface area contributed by atoms with Crippen molar-refractivity contribution in [1.29, 1.82) is 0 Å². The van der Waals surface area contributed by atoms with E-state index in [1.807, 2.05) is 13.8 Å². The van der Waals surface area contributed by atoms with Crippen LogP contribution in [-0.2, 0) is 0 Å². The smallest absolute Gasteiger partial charge is 0.354 e. The van der Waals surface area contributed by atoms with Crippen molar-refractivity contribution in [2.45, 2.75) is 19.9 Å². The zero-order chi connectivity index (χ0) is 13.1. The van der Waals surface area contributed by atoms with Crippen LogP contribution in [-0.4, -0.2) is 21.0 Å². The highest BCUT2D eigenvalue weighted by atomic mass is 16.4. The van der Waals surface area contributed by atoms with Crippen molar-refractivity contribution in [2.75, 3.05) is 5.32 Å². The van der Waals surface area contributed by atoms with E-state index in [9.17, 15) is 4.79 Å². The molecule has 0 spiro atoms. The molecule has 0 aliphatic heterocycles. The number of aryl methyl sites for hydroxylation is 1. The first-order valence-corrected chi connectivity index (χ1v) is 5.45. The number of hydrogen-bond donors (Lipinski definition) is 2. The number of aromatic carboxylic acids is 1. The maximum atomic E-state index is 10.8. The number of rotatable bonds is 4. The molecule has 0 fully saturated rings. The molecule has 0 bridgehead atoms. The molecule has 0 amide bonds. The number of carboxylic acids is 1. The first-order chi connectivity index (χ1) is 8.56. The van der Waals surface area contributed by atoms with Crippen molar-refractivity contribution in [3.8, 4) is 0 Å². The average molecular weight is 247 g/mol. The van der Waals surface area contributed by atoms with Gasteiger partial charge in [0, 0.05) is 0 Å². The Hall–Kier alpha value is -2.37. The largest absolute Gasteiger partial charge is 0.477 e. The molecule has 0 radical (unpaired) electrons. The van der Waals surface area contributed by atoms with Gasteiger partial charge >= 0.3 is 5.97 Å². The normalized spacial score (nSPS) is 12.1. The van der Waals surface area contributed by atoms with Gasteiger partial charge in [0.2, 0.25) is 5.89 Å². The molecular weight excluding hydrogens is 234 g/mol. The standard InChI is InChI=1S/C12H13N3O3/c1-7-6-13-11(18-7)8(2)14-10-5-3-4-9(15-10)12(16)17/h3-6,8H,1-2H3,(H,14,15)(H,16,17). The monoisotopic (exact) mass is 247 g/mol. The lowest BCUT2D eigenvalue weighted by molar-refractivity contribution is 0.0690. The Kier molecular flexibility index (Phi) is 3.27. The number of pyridine rings is 1. The summed E-state index contributed by atoms with van der Waals surface area (Å²) in [7, 11) is 0. The summed E-state index contributed by atoms with van der Waals surface area (Å²) in [6, 6.07) is 4.58. The van der Waals surface area contributed by atoms with Gasteiger partial charge in [0.25, 0.3) is 0 Å². The fraction of sp³-hybridized carbons (Fsp3) is 0.250. The fourth-order valence-corrected chi connectivity index (χ4v) is 1.49. The maximum absolute atomic E-state index is 10.8. The second kappa shape index (κ2) is 4.87. The lowest BCUT2D eigenvalue weighted by atomic mass is 10.3. The summed E-state index contributed by atoms with van der Waals surface area (Å²) in [6.07, 6.45) is 1.63. The first kappa shape index (κ1) is 12.1. The Labute approximate surface area is 104 Å². The van der Waals surface area contributed by atoms with Gasteiger partial charge in [-0.1, -0.05) is 6.07 Å². The van der Waals surface area contributed by atoms with Crippen molar-refractivity contribution in [3.05, 3.63) is 41.7 Å². The van der Waals surface area contributed by atoms with Crippen LogP contribution in [0.3, 0.4) is 0 Å². The van der Waals surface area contributed by atoms with Gasteiger partial charge < -0.3 is 14.8 Å². The highest BCUT2D eigenvalue weighted by Gasteiger charge is 2.12. The van der Waals surface area contributed by atoms with Crippen LogP contribution in [0, 0.1) is 6.92 Å². The van der Waals surface area contributed by atoms with Crippen LogP contribution < -0.4 is 5.32 Å². The lowest BCUT2D eigenvalue weighted by Gasteiger charge is -2.11. The molecule has 2 aromatic rings. The molecule has 0 aromatic carbocycles. The zero-order valence-corrected chi connectivity index (χ0v) is 10.0. The SMILES string of the molecule is Cc1cnc(C(C)Nc2cccc(C(=O)O)n2)o1. The molecule has 6 heteroatoms. The van der Waals surface area contributed by atoms with Crippen molar-refractivity contribution in [2.24, 2.45) is 0 Å². The molecule has 2 N–H and O–H groups in total. The molecule has 18 heavy (non-hydrogen) atoms. The van der Waals surface area contributed by atoms with E-state index < -0.39 is 5.97 Å². The third kappa shape index (κ3) is 2.65. The average Bonchev–Trinajstić information content (AvgIpc) is 2.76. The number of nitrogens with one attached hydrogen (secondary N) is 1. The fourth-order valence-electron chi connectivity index (χ4n) is 1.49. The van der Waals surface area contributed by atoms with Gasteiger partial charge in [-0.3, -0.25) is 0 Å². The topological polar surface area (TPSA) is 88.2 Å². The Bertz CT molecular complexity index is 565. The summed E-state index contributed by atoms with van der Waals surface area (Å²) in [5.74, 6) is 0.678. The van der Waals surface area contributed by atoms with Gasteiger partial charge in [0.05, 0.1) is 6.20 Å². The minimum atomic E-state index is -1.06. The minimum Gasteiger partial charge on any atom is -0.477 e. The van der Waals surface area contributed by atoms with E-state index in [2.05, 4.69) is 15.3 Å². The molecule has 94 valence electrons.